The van der Waals surface area contributed by atoms with Gasteiger partial charge in [-0.05, 0) is 37.7 Å². The summed E-state index contributed by atoms with van der Waals surface area (Å²) in [5.41, 5.74) is 0.774. The van der Waals surface area contributed by atoms with Crippen molar-refractivity contribution in [3.05, 3.63) is 29.6 Å². The molecule has 6 heteroatoms. The zero-order chi connectivity index (χ0) is 14.0. The number of hydrogen-bond donors (Lipinski definition) is 1. The van der Waals surface area contributed by atoms with Gasteiger partial charge in [0.15, 0.2) is 5.16 Å². The van der Waals surface area contributed by atoms with Gasteiger partial charge < -0.3 is 14.4 Å². The molecule has 0 aliphatic rings. The van der Waals surface area contributed by atoms with Gasteiger partial charge in [-0.3, -0.25) is 0 Å². The van der Waals surface area contributed by atoms with E-state index >= 15 is 0 Å². The predicted molar refractivity (Wildman–Crippen MR) is 73.5 cm³/mol. The van der Waals surface area contributed by atoms with Gasteiger partial charge in [-0.25, -0.2) is 0 Å². The molecule has 0 aliphatic carbocycles. The van der Waals surface area contributed by atoms with E-state index in [9.17, 15) is 5.11 Å². The number of aliphatic hydroxyl groups is 1. The largest absolute Gasteiger partial charge is 0.496 e. The molecular weight excluding hydrogens is 262 g/mol. The molecule has 102 valence electrons. The summed E-state index contributed by atoms with van der Waals surface area (Å²) in [6.07, 6.45) is -0.604. The van der Waals surface area contributed by atoms with Crippen LogP contribution in [0.3, 0.4) is 0 Å². The second-order valence-corrected chi connectivity index (χ2v) is 5.25. The van der Waals surface area contributed by atoms with E-state index in [1.54, 1.807) is 14.0 Å². The molecule has 1 aromatic carbocycles. The lowest BCUT2D eigenvalue weighted by molar-refractivity contribution is 0.191. The van der Waals surface area contributed by atoms with Crippen molar-refractivity contribution in [2.75, 3.05) is 7.11 Å². The Morgan fingerprint density at radius 1 is 1.37 bits per heavy atom. The summed E-state index contributed by atoms with van der Waals surface area (Å²) in [7, 11) is 3.52. The Kier molecular flexibility index (Phi) is 4.11. The number of benzene rings is 1. The molecule has 5 nitrogen and oxygen atoms in total. The molecule has 0 amide bonds. The summed E-state index contributed by atoms with van der Waals surface area (Å²) in [5.74, 6) is 1.53. The van der Waals surface area contributed by atoms with Crippen molar-refractivity contribution in [1.82, 2.24) is 14.8 Å². The van der Waals surface area contributed by atoms with Crippen LogP contribution in [0.4, 0.5) is 0 Å². The van der Waals surface area contributed by atoms with Crippen LogP contribution in [0.2, 0.25) is 0 Å². The van der Waals surface area contributed by atoms with E-state index in [2.05, 4.69) is 10.2 Å². The summed E-state index contributed by atoms with van der Waals surface area (Å²) in [4.78, 5) is 0.921. The Morgan fingerprint density at radius 3 is 2.63 bits per heavy atom. The van der Waals surface area contributed by atoms with Gasteiger partial charge in [-0.1, -0.05) is 6.07 Å². The summed E-state index contributed by atoms with van der Waals surface area (Å²) < 4.78 is 7.22. The summed E-state index contributed by atoms with van der Waals surface area (Å²) in [6, 6.07) is 5.68. The molecule has 0 bridgehead atoms. The van der Waals surface area contributed by atoms with E-state index in [-0.39, 0.29) is 0 Å². The molecule has 1 N–H and O–H groups in total. The van der Waals surface area contributed by atoms with Gasteiger partial charge in [0.25, 0.3) is 0 Å². The van der Waals surface area contributed by atoms with Gasteiger partial charge in [0.2, 0.25) is 0 Å². The molecule has 1 aromatic heterocycles. The molecule has 0 aliphatic heterocycles. The third-order valence-corrected chi connectivity index (χ3v) is 4.03. The molecule has 1 heterocycles. The summed E-state index contributed by atoms with van der Waals surface area (Å²) in [5, 5.41) is 18.9. The second kappa shape index (κ2) is 5.63. The van der Waals surface area contributed by atoms with Crippen LogP contribution < -0.4 is 4.74 Å². The Balaban J connectivity index is 2.42. The molecular formula is C13H17N3O2S. The highest BCUT2D eigenvalue weighted by Gasteiger charge is 2.17. The predicted octanol–water partition coefficient (Wildman–Crippen LogP) is 2.34. The first-order valence-electron chi connectivity index (χ1n) is 5.93. The van der Waals surface area contributed by atoms with Crippen LogP contribution in [0.5, 0.6) is 5.75 Å². The normalized spacial score (nSPS) is 12.5. The van der Waals surface area contributed by atoms with Crippen LogP contribution in [-0.4, -0.2) is 27.0 Å². The molecule has 2 rings (SSSR count). The molecule has 0 unspecified atom stereocenters. The topological polar surface area (TPSA) is 60.2 Å². The zero-order valence-electron chi connectivity index (χ0n) is 11.4. The third kappa shape index (κ3) is 2.74. The lowest BCUT2D eigenvalue weighted by atomic mass is 10.1. The minimum atomic E-state index is -0.604. The summed E-state index contributed by atoms with van der Waals surface area (Å²) in [6.45, 7) is 3.63. The Labute approximate surface area is 116 Å². The number of hydrogen-bond acceptors (Lipinski definition) is 5. The SMILES string of the molecule is COc1cccc(Sc2nnc(C)n2C)c1[C@@H](C)O. The molecule has 0 fully saturated rings. The number of nitrogens with zero attached hydrogens (tertiary/aromatic N) is 3. The average molecular weight is 279 g/mol. The van der Waals surface area contributed by atoms with Crippen molar-refractivity contribution in [2.45, 2.75) is 30.0 Å². The number of aromatic nitrogens is 3. The van der Waals surface area contributed by atoms with Crippen molar-refractivity contribution in [3.63, 3.8) is 0 Å². The maximum atomic E-state index is 9.93. The number of rotatable bonds is 4. The average Bonchev–Trinajstić information content (AvgIpc) is 2.70. The van der Waals surface area contributed by atoms with E-state index in [1.165, 1.54) is 11.8 Å². The van der Waals surface area contributed by atoms with E-state index in [4.69, 9.17) is 4.74 Å². The quantitative estimate of drug-likeness (QED) is 0.930. The maximum Gasteiger partial charge on any atom is 0.195 e. The Bertz CT molecular complexity index is 581. The van der Waals surface area contributed by atoms with Gasteiger partial charge in [0.1, 0.15) is 11.6 Å². The van der Waals surface area contributed by atoms with Gasteiger partial charge in [-0.15, -0.1) is 10.2 Å². The first kappa shape index (κ1) is 13.9. The van der Waals surface area contributed by atoms with E-state index < -0.39 is 6.10 Å². The number of aliphatic hydroxyl groups excluding tert-OH is 1. The standard InChI is InChI=1S/C13H17N3O2S/c1-8(17)12-10(18-4)6-5-7-11(12)19-13-15-14-9(2)16(13)3/h5-8,17H,1-4H3/t8-/m1/s1. The fourth-order valence-corrected chi connectivity index (χ4v) is 2.85. The first-order valence-corrected chi connectivity index (χ1v) is 6.75. The van der Waals surface area contributed by atoms with Crippen molar-refractivity contribution in [1.29, 1.82) is 0 Å². The van der Waals surface area contributed by atoms with Crippen molar-refractivity contribution < 1.29 is 9.84 Å². The zero-order valence-corrected chi connectivity index (χ0v) is 12.2. The molecule has 0 saturated carbocycles. The third-order valence-electron chi connectivity index (χ3n) is 2.92. The molecule has 2 aromatic rings. The van der Waals surface area contributed by atoms with E-state index in [0.717, 1.165) is 21.4 Å². The molecule has 0 radical (unpaired) electrons. The van der Waals surface area contributed by atoms with Crippen LogP contribution in [-0.2, 0) is 7.05 Å². The number of aryl methyl sites for hydroxylation is 1. The summed E-state index contributed by atoms with van der Waals surface area (Å²) >= 11 is 1.47. The highest BCUT2D eigenvalue weighted by Crippen LogP contribution is 2.37. The van der Waals surface area contributed by atoms with Gasteiger partial charge in [-0.2, -0.15) is 0 Å². The molecule has 1 atom stereocenters. The minimum Gasteiger partial charge on any atom is -0.496 e. The van der Waals surface area contributed by atoms with E-state index in [1.807, 2.05) is 36.7 Å². The maximum absolute atomic E-state index is 9.93. The van der Waals surface area contributed by atoms with E-state index in [0.29, 0.717) is 5.75 Å². The van der Waals surface area contributed by atoms with Gasteiger partial charge in [0.05, 0.1) is 13.2 Å². The molecule has 0 saturated heterocycles. The van der Waals surface area contributed by atoms with Crippen LogP contribution in [0.1, 0.15) is 24.4 Å². The minimum absolute atomic E-state index is 0.604. The van der Waals surface area contributed by atoms with Gasteiger partial charge >= 0.3 is 0 Å². The van der Waals surface area contributed by atoms with Gasteiger partial charge in [0, 0.05) is 17.5 Å². The number of ether oxygens (including phenoxy) is 1. The smallest absolute Gasteiger partial charge is 0.195 e. The van der Waals surface area contributed by atoms with Crippen molar-refractivity contribution in [3.8, 4) is 5.75 Å². The Morgan fingerprint density at radius 2 is 2.11 bits per heavy atom. The van der Waals surface area contributed by atoms with Crippen LogP contribution in [0.25, 0.3) is 0 Å². The lowest BCUT2D eigenvalue weighted by Crippen LogP contribution is -2.00. The fraction of sp³-hybridized carbons (Fsp3) is 0.385. The number of methoxy groups -OCH3 is 1. The monoisotopic (exact) mass is 279 g/mol. The molecule has 0 spiro atoms. The Hall–Kier alpha value is -1.53. The fourth-order valence-electron chi connectivity index (χ4n) is 1.78. The second-order valence-electron chi connectivity index (χ2n) is 4.24. The van der Waals surface area contributed by atoms with Crippen LogP contribution in [0.15, 0.2) is 28.3 Å². The lowest BCUT2D eigenvalue weighted by Gasteiger charge is -2.15. The highest BCUT2D eigenvalue weighted by molar-refractivity contribution is 7.99. The molecule has 19 heavy (non-hydrogen) atoms. The first-order chi connectivity index (χ1) is 9.04. The van der Waals surface area contributed by atoms with Crippen LogP contribution >= 0.6 is 11.8 Å². The van der Waals surface area contributed by atoms with Crippen molar-refractivity contribution >= 4 is 11.8 Å². The highest BCUT2D eigenvalue weighted by atomic mass is 32.2. The van der Waals surface area contributed by atoms with Crippen LogP contribution in [0, 0.1) is 6.92 Å². The van der Waals surface area contributed by atoms with Crippen molar-refractivity contribution in [2.24, 2.45) is 7.05 Å².